The Kier molecular flexibility index (Phi) is 5.61. The summed E-state index contributed by atoms with van der Waals surface area (Å²) in [6.07, 6.45) is 1.09. The van der Waals surface area contributed by atoms with Gasteiger partial charge in [0.15, 0.2) is 5.16 Å². The molecule has 0 aliphatic carbocycles. The molecule has 1 heterocycles. The highest BCUT2D eigenvalue weighted by molar-refractivity contribution is 7.99. The molecule has 2 N–H and O–H groups in total. The molecule has 0 saturated heterocycles. The minimum absolute atomic E-state index is 0.351. The van der Waals surface area contributed by atoms with Crippen molar-refractivity contribution in [1.29, 1.82) is 0 Å². The van der Waals surface area contributed by atoms with Gasteiger partial charge in [0, 0.05) is 18.8 Å². The van der Waals surface area contributed by atoms with E-state index in [1.165, 1.54) is 16.4 Å². The van der Waals surface area contributed by atoms with Gasteiger partial charge >= 0.3 is 11.1 Å². The smallest absolute Gasteiger partial charge is 0.316 e. The van der Waals surface area contributed by atoms with E-state index in [0.29, 0.717) is 17.1 Å². The fourth-order valence-electron chi connectivity index (χ4n) is 1.57. The maximum absolute atomic E-state index is 11.2. The second-order valence-electron chi connectivity index (χ2n) is 4.29. The first kappa shape index (κ1) is 15.0. The molecule has 1 aromatic heterocycles. The number of H-pyrrole nitrogens is 1. The highest BCUT2D eigenvalue weighted by atomic mass is 32.2. The summed E-state index contributed by atoms with van der Waals surface area (Å²) in [5.41, 5.74) is -1.42. The van der Waals surface area contributed by atoms with Gasteiger partial charge in [-0.05, 0) is 13.0 Å². The van der Waals surface area contributed by atoms with E-state index in [4.69, 9.17) is 0 Å². The van der Waals surface area contributed by atoms with Crippen LogP contribution in [-0.2, 0) is 7.05 Å². The Morgan fingerprint density at radius 2 is 2.17 bits per heavy atom. The number of nitrogens with one attached hydrogen (secondary N) is 2. The second-order valence-corrected chi connectivity index (χ2v) is 5.28. The Bertz CT molecular complexity index is 497. The van der Waals surface area contributed by atoms with Crippen molar-refractivity contribution in [2.24, 2.45) is 13.0 Å². The summed E-state index contributed by atoms with van der Waals surface area (Å²) in [6, 6.07) is 0.351. The summed E-state index contributed by atoms with van der Waals surface area (Å²) in [6.45, 7) is 4.33. The molecule has 18 heavy (non-hydrogen) atoms. The van der Waals surface area contributed by atoms with E-state index in [-0.39, 0.29) is 0 Å². The van der Waals surface area contributed by atoms with Crippen molar-refractivity contribution in [2.45, 2.75) is 31.5 Å². The molecule has 6 nitrogen and oxygen atoms in total. The molecule has 0 amide bonds. The Labute approximate surface area is 110 Å². The van der Waals surface area contributed by atoms with Crippen LogP contribution in [0.2, 0.25) is 0 Å². The van der Waals surface area contributed by atoms with Gasteiger partial charge < -0.3 is 5.32 Å². The predicted molar refractivity (Wildman–Crippen MR) is 73.1 cm³/mol. The molecular weight excluding hydrogens is 252 g/mol. The lowest BCUT2D eigenvalue weighted by atomic mass is 10.0. The number of hydrogen-bond donors (Lipinski definition) is 2. The number of nitrogens with zero attached hydrogens (tertiary/aromatic N) is 2. The van der Waals surface area contributed by atoms with Crippen molar-refractivity contribution in [1.82, 2.24) is 20.1 Å². The second kappa shape index (κ2) is 6.75. The van der Waals surface area contributed by atoms with E-state index in [0.717, 1.165) is 12.2 Å². The van der Waals surface area contributed by atoms with Crippen LogP contribution in [0.1, 0.15) is 20.3 Å². The summed E-state index contributed by atoms with van der Waals surface area (Å²) in [7, 11) is 3.60. The first-order chi connectivity index (χ1) is 8.49. The Morgan fingerprint density at radius 3 is 2.72 bits per heavy atom. The van der Waals surface area contributed by atoms with Crippen LogP contribution in [0.5, 0.6) is 0 Å². The SMILES string of the molecule is CCC(C)C(CSc1nc(=O)c(=O)[nH]n1C)NC. The van der Waals surface area contributed by atoms with Crippen molar-refractivity contribution in [3.05, 3.63) is 20.7 Å². The molecule has 2 unspecified atom stereocenters. The molecule has 1 rings (SSSR count). The van der Waals surface area contributed by atoms with Crippen LogP contribution in [0.25, 0.3) is 0 Å². The van der Waals surface area contributed by atoms with Crippen molar-refractivity contribution in [2.75, 3.05) is 12.8 Å². The normalized spacial score (nSPS) is 14.4. The highest BCUT2D eigenvalue weighted by Gasteiger charge is 2.15. The van der Waals surface area contributed by atoms with Crippen molar-refractivity contribution < 1.29 is 0 Å². The number of aryl methyl sites for hydroxylation is 1. The monoisotopic (exact) mass is 272 g/mol. The average molecular weight is 272 g/mol. The lowest BCUT2D eigenvalue weighted by Gasteiger charge is -2.21. The molecular formula is C11H20N4O2S. The number of aromatic amines is 1. The quantitative estimate of drug-likeness (QED) is 0.571. The third kappa shape index (κ3) is 3.71. The van der Waals surface area contributed by atoms with E-state index >= 15 is 0 Å². The van der Waals surface area contributed by atoms with Crippen molar-refractivity contribution in [3.8, 4) is 0 Å². The van der Waals surface area contributed by atoms with Gasteiger partial charge in [-0.25, -0.2) is 0 Å². The molecule has 102 valence electrons. The molecule has 2 atom stereocenters. The van der Waals surface area contributed by atoms with Crippen molar-refractivity contribution >= 4 is 11.8 Å². The number of hydrogen-bond acceptors (Lipinski definition) is 5. The minimum Gasteiger partial charge on any atom is -0.316 e. The van der Waals surface area contributed by atoms with E-state index in [1.54, 1.807) is 7.05 Å². The first-order valence-corrected chi connectivity index (χ1v) is 6.95. The Morgan fingerprint density at radius 1 is 1.50 bits per heavy atom. The van der Waals surface area contributed by atoms with Gasteiger partial charge in [0.05, 0.1) is 0 Å². The van der Waals surface area contributed by atoms with Crippen LogP contribution >= 0.6 is 11.8 Å². The van der Waals surface area contributed by atoms with Crippen molar-refractivity contribution in [3.63, 3.8) is 0 Å². The van der Waals surface area contributed by atoms with Crippen LogP contribution in [0.3, 0.4) is 0 Å². The average Bonchev–Trinajstić information content (AvgIpc) is 2.35. The van der Waals surface area contributed by atoms with Gasteiger partial charge in [-0.1, -0.05) is 32.0 Å². The molecule has 7 heteroatoms. The fraction of sp³-hybridized carbons (Fsp3) is 0.727. The third-order valence-corrected chi connectivity index (χ3v) is 4.19. The minimum atomic E-state index is -0.736. The maximum Gasteiger partial charge on any atom is 0.339 e. The van der Waals surface area contributed by atoms with E-state index in [9.17, 15) is 9.59 Å². The van der Waals surface area contributed by atoms with Gasteiger partial charge in [0.25, 0.3) is 0 Å². The predicted octanol–water partition coefficient (Wildman–Crippen LogP) is 0.195. The third-order valence-electron chi connectivity index (χ3n) is 3.04. The first-order valence-electron chi connectivity index (χ1n) is 5.97. The van der Waals surface area contributed by atoms with Gasteiger partial charge in [0.2, 0.25) is 0 Å². The highest BCUT2D eigenvalue weighted by Crippen LogP contribution is 2.17. The van der Waals surface area contributed by atoms with Gasteiger partial charge in [-0.2, -0.15) is 4.98 Å². The van der Waals surface area contributed by atoms with Gasteiger partial charge in [-0.3, -0.25) is 19.4 Å². The van der Waals surface area contributed by atoms with Gasteiger partial charge in [-0.15, -0.1) is 0 Å². The van der Waals surface area contributed by atoms with Crippen LogP contribution < -0.4 is 16.4 Å². The zero-order chi connectivity index (χ0) is 13.7. The summed E-state index contributed by atoms with van der Waals surface area (Å²) < 4.78 is 1.48. The van der Waals surface area contributed by atoms with Crippen LogP contribution in [0.15, 0.2) is 14.7 Å². The molecule has 0 bridgehead atoms. The molecule has 1 aromatic rings. The fourth-order valence-corrected chi connectivity index (χ4v) is 2.78. The Balaban J connectivity index is 2.77. The summed E-state index contributed by atoms with van der Waals surface area (Å²) in [5, 5.41) is 6.23. The molecule has 0 aromatic carbocycles. The standard InChI is InChI=1S/C11H20N4O2S/c1-5-7(2)8(12-3)6-18-11-13-9(16)10(17)14-15(11)4/h7-8,12H,5-6H2,1-4H3,(H,14,17). The van der Waals surface area contributed by atoms with E-state index in [2.05, 4.69) is 29.2 Å². The van der Waals surface area contributed by atoms with E-state index < -0.39 is 11.1 Å². The number of rotatable bonds is 6. The largest absolute Gasteiger partial charge is 0.339 e. The van der Waals surface area contributed by atoms with Crippen LogP contribution in [0.4, 0.5) is 0 Å². The molecule has 0 radical (unpaired) electrons. The molecule has 0 aliphatic heterocycles. The van der Waals surface area contributed by atoms with Crippen LogP contribution in [0, 0.1) is 5.92 Å². The van der Waals surface area contributed by atoms with E-state index in [1.807, 2.05) is 7.05 Å². The molecule has 0 saturated carbocycles. The molecule has 0 spiro atoms. The maximum atomic E-state index is 11.2. The molecule has 0 aliphatic rings. The number of thioether (sulfide) groups is 1. The van der Waals surface area contributed by atoms with Crippen LogP contribution in [-0.4, -0.2) is 33.6 Å². The summed E-state index contributed by atoms with van der Waals surface area (Å²) in [5.74, 6) is 1.35. The molecule has 0 fully saturated rings. The lowest BCUT2D eigenvalue weighted by Crippen LogP contribution is -2.36. The zero-order valence-electron chi connectivity index (χ0n) is 11.2. The zero-order valence-corrected chi connectivity index (χ0v) is 12.0. The number of aromatic nitrogens is 3. The summed E-state index contributed by atoms with van der Waals surface area (Å²) in [4.78, 5) is 26.0. The Hall–Kier alpha value is -1.08. The topological polar surface area (TPSA) is 79.8 Å². The lowest BCUT2D eigenvalue weighted by molar-refractivity contribution is 0.420. The van der Waals surface area contributed by atoms with Gasteiger partial charge in [0.1, 0.15) is 0 Å². The summed E-state index contributed by atoms with van der Waals surface area (Å²) >= 11 is 1.47.